The molecule has 0 saturated carbocycles. The number of hydrogen-bond acceptors (Lipinski definition) is 7. The highest BCUT2D eigenvalue weighted by Gasteiger charge is 2.25. The van der Waals surface area contributed by atoms with E-state index in [9.17, 15) is 0 Å². The van der Waals surface area contributed by atoms with Gasteiger partial charge in [0, 0.05) is 36.0 Å². The van der Waals surface area contributed by atoms with Gasteiger partial charge in [-0.25, -0.2) is 9.07 Å². The summed E-state index contributed by atoms with van der Waals surface area (Å²) >= 11 is 3.67. The van der Waals surface area contributed by atoms with Crippen LogP contribution in [0.3, 0.4) is 0 Å². The third-order valence-electron chi connectivity index (χ3n) is 7.07. The lowest BCUT2D eigenvalue weighted by molar-refractivity contribution is 0.287. The molecular weight excluding hydrogens is 531 g/mol. The third-order valence-corrected chi connectivity index (χ3v) is 10.1. The fourth-order valence-electron chi connectivity index (χ4n) is 4.94. The second kappa shape index (κ2) is 11.9. The summed E-state index contributed by atoms with van der Waals surface area (Å²) in [7, 11) is 1.64. The summed E-state index contributed by atoms with van der Waals surface area (Å²) in [6.07, 6.45) is 5.51. The first-order valence-corrected chi connectivity index (χ1v) is 15.4. The van der Waals surface area contributed by atoms with E-state index in [2.05, 4.69) is 39.5 Å². The lowest BCUT2D eigenvalue weighted by atomic mass is 10.1. The predicted octanol–water partition coefficient (Wildman–Crippen LogP) is 7.13. The van der Waals surface area contributed by atoms with Gasteiger partial charge < -0.3 is 14.4 Å². The molecule has 0 bridgehead atoms. The second-order valence-corrected chi connectivity index (χ2v) is 12.4. The van der Waals surface area contributed by atoms with Crippen LogP contribution in [0.2, 0.25) is 0 Å². The lowest BCUT2D eigenvalue weighted by Gasteiger charge is -2.24. The van der Waals surface area contributed by atoms with Crippen LogP contribution in [-0.2, 0) is 6.61 Å². The zero-order chi connectivity index (χ0) is 26.6. The van der Waals surface area contributed by atoms with Gasteiger partial charge in [0.15, 0.2) is 11.6 Å². The number of halogens is 1. The normalized spacial score (nSPS) is 16.0. The Hall–Kier alpha value is -3.17. The smallest absolute Gasteiger partial charge is 0.167 e. The minimum Gasteiger partial charge on any atom is -0.497 e. The molecule has 6 nitrogen and oxygen atoms in total. The molecule has 0 radical (unpaired) electrons. The molecule has 6 rings (SSSR count). The van der Waals surface area contributed by atoms with Crippen molar-refractivity contribution < 1.29 is 13.9 Å². The van der Waals surface area contributed by atoms with Gasteiger partial charge in [-0.3, -0.25) is 0 Å². The van der Waals surface area contributed by atoms with Crippen LogP contribution in [0, 0.1) is 5.82 Å². The van der Waals surface area contributed by atoms with E-state index >= 15 is 4.39 Å². The van der Waals surface area contributed by atoms with Gasteiger partial charge >= 0.3 is 0 Å². The molecule has 2 saturated heterocycles. The van der Waals surface area contributed by atoms with Gasteiger partial charge in [0.1, 0.15) is 18.1 Å². The number of rotatable bonds is 8. The van der Waals surface area contributed by atoms with Gasteiger partial charge in [-0.05, 0) is 66.7 Å². The van der Waals surface area contributed by atoms with Gasteiger partial charge in [-0.15, -0.1) is 28.6 Å². The first-order chi connectivity index (χ1) is 19.2. The summed E-state index contributed by atoms with van der Waals surface area (Å²) in [5, 5.41) is 8.75. The molecule has 0 aliphatic carbocycles. The number of ether oxygens (including phenoxy) is 2. The fourth-order valence-corrected chi connectivity index (χ4v) is 7.85. The summed E-state index contributed by atoms with van der Waals surface area (Å²) < 4.78 is 28.8. The molecule has 39 heavy (non-hydrogen) atoms. The molecule has 2 aliphatic rings. The van der Waals surface area contributed by atoms with Crippen LogP contribution in [0.4, 0.5) is 10.1 Å². The highest BCUT2D eigenvalue weighted by Crippen LogP contribution is 2.48. The van der Waals surface area contributed by atoms with Crippen molar-refractivity contribution in [1.82, 2.24) is 15.0 Å². The van der Waals surface area contributed by atoms with Crippen LogP contribution < -0.4 is 14.4 Å². The van der Waals surface area contributed by atoms with Crippen molar-refractivity contribution in [2.24, 2.45) is 0 Å². The van der Waals surface area contributed by atoms with E-state index in [0.29, 0.717) is 11.4 Å². The summed E-state index contributed by atoms with van der Waals surface area (Å²) in [4.78, 5) is 2.41. The molecule has 4 aromatic rings. The van der Waals surface area contributed by atoms with E-state index < -0.39 is 5.82 Å². The van der Waals surface area contributed by atoms with Crippen molar-refractivity contribution in [3.63, 3.8) is 0 Å². The quantitative estimate of drug-likeness (QED) is 0.226. The van der Waals surface area contributed by atoms with Gasteiger partial charge in [0.2, 0.25) is 0 Å². The number of thioether (sulfide) groups is 2. The summed E-state index contributed by atoms with van der Waals surface area (Å²) in [6.45, 7) is 2.50. The van der Waals surface area contributed by atoms with Crippen molar-refractivity contribution in [2.45, 2.75) is 30.5 Å². The van der Waals surface area contributed by atoms with Crippen molar-refractivity contribution >= 4 is 29.2 Å². The maximum Gasteiger partial charge on any atom is 0.167 e. The monoisotopic (exact) mass is 562 g/mol. The zero-order valence-electron chi connectivity index (χ0n) is 21.9. The summed E-state index contributed by atoms with van der Waals surface area (Å²) in [5.41, 5.74) is 5.42. The Kier molecular flexibility index (Phi) is 7.97. The van der Waals surface area contributed by atoms with Crippen molar-refractivity contribution in [3.05, 3.63) is 83.8 Å². The Bertz CT molecular complexity index is 1400. The van der Waals surface area contributed by atoms with Gasteiger partial charge in [0.25, 0.3) is 0 Å². The fraction of sp³-hybridized carbons (Fsp3) is 0.333. The molecule has 202 valence electrons. The third kappa shape index (κ3) is 5.89. The highest BCUT2D eigenvalue weighted by molar-refractivity contribution is 8.16. The molecule has 2 aliphatic heterocycles. The maximum atomic E-state index is 15.7. The number of benzene rings is 3. The largest absolute Gasteiger partial charge is 0.497 e. The second-order valence-electron chi connectivity index (χ2n) is 9.70. The van der Waals surface area contributed by atoms with E-state index in [1.165, 1.54) is 24.6 Å². The topological polar surface area (TPSA) is 52.4 Å². The molecule has 0 unspecified atom stereocenters. The number of hydrogen-bond donors (Lipinski definition) is 0. The minimum absolute atomic E-state index is 0.0974. The Balaban J connectivity index is 1.26. The van der Waals surface area contributed by atoms with Gasteiger partial charge in [-0.1, -0.05) is 29.5 Å². The van der Waals surface area contributed by atoms with Crippen LogP contribution >= 0.6 is 23.5 Å². The van der Waals surface area contributed by atoms with E-state index in [1.54, 1.807) is 11.8 Å². The molecule has 3 aromatic carbocycles. The Labute approximate surface area is 236 Å². The average molecular weight is 563 g/mol. The standard InChI is InChI=1S/C30H31FN4O2S2/c1-36-25-11-5-21(6-12-25)20-37-29-26(30-38-15-4-16-39-30)17-24(18-27(29)31)35-19-28(32-33-35)22-7-9-23(10-8-22)34-13-2-3-14-34/h5-12,17-19,30H,2-4,13-16,20H2,1H3. The molecule has 9 heteroatoms. The van der Waals surface area contributed by atoms with Crippen molar-refractivity contribution in [1.29, 1.82) is 0 Å². The van der Waals surface area contributed by atoms with Crippen LogP contribution in [0.5, 0.6) is 11.5 Å². The van der Waals surface area contributed by atoms with E-state index in [-0.39, 0.29) is 11.2 Å². The van der Waals surface area contributed by atoms with Gasteiger partial charge in [-0.2, -0.15) is 0 Å². The van der Waals surface area contributed by atoms with Crippen LogP contribution in [0.1, 0.15) is 35.0 Å². The van der Waals surface area contributed by atoms with Crippen molar-refractivity contribution in [2.75, 3.05) is 36.6 Å². The van der Waals surface area contributed by atoms with Crippen molar-refractivity contribution in [3.8, 4) is 28.4 Å². The Morgan fingerprint density at radius 2 is 1.67 bits per heavy atom. The Morgan fingerprint density at radius 3 is 2.38 bits per heavy atom. The number of methoxy groups -OCH3 is 1. The molecule has 3 heterocycles. The first-order valence-electron chi connectivity index (χ1n) is 13.3. The first kappa shape index (κ1) is 26.1. The highest BCUT2D eigenvalue weighted by atomic mass is 32.2. The number of aromatic nitrogens is 3. The van der Waals surface area contributed by atoms with E-state index in [0.717, 1.165) is 59.1 Å². The molecule has 0 spiro atoms. The summed E-state index contributed by atoms with van der Waals surface area (Å²) in [6, 6.07) is 19.6. The molecule has 1 aromatic heterocycles. The minimum atomic E-state index is -0.394. The Morgan fingerprint density at radius 1 is 0.923 bits per heavy atom. The molecule has 2 fully saturated rings. The SMILES string of the molecule is COc1ccc(COc2c(F)cc(-n3cc(-c4ccc(N5CCCC5)cc4)nn3)cc2C2SCCCS2)cc1. The van der Waals surface area contributed by atoms with Crippen LogP contribution in [-0.4, -0.2) is 46.7 Å². The van der Waals surface area contributed by atoms with E-state index in [1.807, 2.05) is 60.1 Å². The molecule has 0 amide bonds. The molecule has 0 N–H and O–H groups in total. The van der Waals surface area contributed by atoms with Gasteiger partial charge in [0.05, 0.1) is 23.6 Å². The average Bonchev–Trinajstić information content (AvgIpc) is 3.71. The van der Waals surface area contributed by atoms with Crippen LogP contribution in [0.15, 0.2) is 66.9 Å². The number of nitrogens with zero attached hydrogens (tertiary/aromatic N) is 4. The predicted molar refractivity (Wildman–Crippen MR) is 158 cm³/mol. The summed E-state index contributed by atoms with van der Waals surface area (Å²) in [5.74, 6) is 2.78. The molecule has 0 atom stereocenters. The van der Waals surface area contributed by atoms with E-state index in [4.69, 9.17) is 9.47 Å². The lowest BCUT2D eigenvalue weighted by Crippen LogP contribution is -2.17. The number of anilines is 1. The molecular formula is C30H31FN4O2S2. The zero-order valence-corrected chi connectivity index (χ0v) is 23.5. The van der Waals surface area contributed by atoms with Crippen LogP contribution in [0.25, 0.3) is 16.9 Å². The maximum absolute atomic E-state index is 15.7.